The molecule has 2 aliphatic heterocycles. The van der Waals surface area contributed by atoms with Gasteiger partial charge in [0.15, 0.2) is 0 Å². The van der Waals surface area contributed by atoms with Crippen LogP contribution in [0.4, 0.5) is 16.2 Å². The molecule has 2 aromatic rings. The first-order valence-corrected chi connectivity index (χ1v) is 11.2. The summed E-state index contributed by atoms with van der Waals surface area (Å²) in [6.07, 6.45) is 4.17. The van der Waals surface area contributed by atoms with Crippen LogP contribution in [0.1, 0.15) is 29.5 Å². The van der Waals surface area contributed by atoms with Crippen molar-refractivity contribution in [2.75, 3.05) is 29.9 Å². The molecule has 7 heteroatoms. The summed E-state index contributed by atoms with van der Waals surface area (Å²) in [4.78, 5) is 41.2. The molecule has 2 aromatic carbocycles. The summed E-state index contributed by atoms with van der Waals surface area (Å²) in [5.41, 5.74) is 4.79. The van der Waals surface area contributed by atoms with Gasteiger partial charge in [-0.05, 0) is 85.5 Å². The summed E-state index contributed by atoms with van der Waals surface area (Å²) < 4.78 is 0. The summed E-state index contributed by atoms with van der Waals surface area (Å²) >= 11 is 0.874. The molecule has 1 N–H and O–H groups in total. The summed E-state index contributed by atoms with van der Waals surface area (Å²) in [6, 6.07) is 13.5. The Labute approximate surface area is 186 Å². The molecule has 0 atom stereocenters. The third-order valence-corrected chi connectivity index (χ3v) is 6.40. The van der Waals surface area contributed by atoms with Crippen LogP contribution < -0.4 is 10.2 Å². The van der Waals surface area contributed by atoms with Crippen molar-refractivity contribution >= 4 is 46.3 Å². The van der Waals surface area contributed by atoms with Crippen LogP contribution in [0, 0.1) is 13.8 Å². The third-order valence-electron chi connectivity index (χ3n) is 5.49. The SMILES string of the molecule is Cc1cccc(NC(=O)CN2C(=O)S/C(=C\c3ccc(N4CCCC4)cc3C)C2=O)c1. The van der Waals surface area contributed by atoms with E-state index in [4.69, 9.17) is 0 Å². The number of carbonyl (C=O) groups is 3. The van der Waals surface area contributed by atoms with Crippen molar-refractivity contribution in [3.8, 4) is 0 Å². The first kappa shape index (κ1) is 21.2. The van der Waals surface area contributed by atoms with E-state index >= 15 is 0 Å². The van der Waals surface area contributed by atoms with Gasteiger partial charge in [0.05, 0.1) is 4.91 Å². The molecule has 2 saturated heterocycles. The van der Waals surface area contributed by atoms with Crippen LogP contribution in [0.25, 0.3) is 6.08 Å². The van der Waals surface area contributed by atoms with Crippen molar-refractivity contribution in [2.24, 2.45) is 0 Å². The van der Waals surface area contributed by atoms with Crippen molar-refractivity contribution in [1.82, 2.24) is 4.90 Å². The Bertz CT molecular complexity index is 1070. The van der Waals surface area contributed by atoms with E-state index in [1.807, 2.05) is 38.1 Å². The molecule has 2 fully saturated rings. The molecule has 0 unspecified atom stereocenters. The molecule has 0 spiro atoms. The number of hydrogen-bond acceptors (Lipinski definition) is 5. The molecule has 2 aliphatic rings. The standard InChI is InChI=1S/C24H25N3O3S/c1-16-6-5-7-19(12-16)25-22(28)15-27-23(29)21(31-24(27)30)14-18-8-9-20(13-17(18)2)26-10-3-4-11-26/h5-9,12-14H,3-4,10-11,15H2,1-2H3,(H,25,28)/b21-14-. The molecule has 2 heterocycles. The highest BCUT2D eigenvalue weighted by Gasteiger charge is 2.36. The van der Waals surface area contributed by atoms with E-state index in [0.29, 0.717) is 10.6 Å². The summed E-state index contributed by atoms with van der Waals surface area (Å²) in [6.45, 7) is 5.77. The Hall–Kier alpha value is -3.06. The van der Waals surface area contributed by atoms with Gasteiger partial charge < -0.3 is 10.2 Å². The lowest BCUT2D eigenvalue weighted by molar-refractivity contribution is -0.127. The number of nitrogens with zero attached hydrogens (tertiary/aromatic N) is 2. The topological polar surface area (TPSA) is 69.7 Å². The number of amides is 3. The lowest BCUT2D eigenvalue weighted by Gasteiger charge is -2.18. The fourth-order valence-electron chi connectivity index (χ4n) is 3.84. The summed E-state index contributed by atoms with van der Waals surface area (Å²) in [5, 5.41) is 2.31. The zero-order chi connectivity index (χ0) is 22.0. The largest absolute Gasteiger partial charge is 0.372 e. The highest BCUT2D eigenvalue weighted by Crippen LogP contribution is 2.33. The van der Waals surface area contributed by atoms with Gasteiger partial charge in [-0.15, -0.1) is 0 Å². The van der Waals surface area contributed by atoms with Gasteiger partial charge in [0, 0.05) is 24.5 Å². The fourth-order valence-corrected chi connectivity index (χ4v) is 4.67. The van der Waals surface area contributed by atoms with Gasteiger partial charge in [-0.2, -0.15) is 0 Å². The zero-order valence-corrected chi connectivity index (χ0v) is 18.5. The van der Waals surface area contributed by atoms with Crippen molar-refractivity contribution in [2.45, 2.75) is 26.7 Å². The molecule has 4 rings (SSSR count). The van der Waals surface area contributed by atoms with Gasteiger partial charge in [0.1, 0.15) is 6.54 Å². The molecule has 0 radical (unpaired) electrons. The Morgan fingerprint density at radius 3 is 2.58 bits per heavy atom. The Balaban J connectivity index is 1.45. The quantitative estimate of drug-likeness (QED) is 0.697. The minimum atomic E-state index is -0.433. The molecule has 160 valence electrons. The molecule has 0 bridgehead atoms. The molecule has 0 aliphatic carbocycles. The molecule has 0 aromatic heterocycles. The fraction of sp³-hybridized carbons (Fsp3) is 0.292. The number of carbonyl (C=O) groups excluding carboxylic acids is 3. The van der Waals surface area contributed by atoms with Crippen LogP contribution >= 0.6 is 11.8 Å². The van der Waals surface area contributed by atoms with Gasteiger partial charge in [0.2, 0.25) is 5.91 Å². The van der Waals surface area contributed by atoms with Crippen LogP contribution in [-0.2, 0) is 9.59 Å². The number of rotatable bonds is 5. The maximum atomic E-state index is 12.8. The lowest BCUT2D eigenvalue weighted by atomic mass is 10.1. The number of hydrogen-bond donors (Lipinski definition) is 1. The van der Waals surface area contributed by atoms with Gasteiger partial charge in [-0.25, -0.2) is 0 Å². The maximum Gasteiger partial charge on any atom is 0.294 e. The molecule has 6 nitrogen and oxygen atoms in total. The minimum Gasteiger partial charge on any atom is -0.372 e. The molecule has 0 saturated carbocycles. The second kappa shape index (κ2) is 8.98. The highest BCUT2D eigenvalue weighted by molar-refractivity contribution is 8.18. The van der Waals surface area contributed by atoms with Crippen molar-refractivity contribution < 1.29 is 14.4 Å². The van der Waals surface area contributed by atoms with E-state index < -0.39 is 17.1 Å². The maximum absolute atomic E-state index is 12.8. The zero-order valence-electron chi connectivity index (χ0n) is 17.7. The lowest BCUT2D eigenvalue weighted by Crippen LogP contribution is -2.36. The first-order valence-electron chi connectivity index (χ1n) is 10.4. The minimum absolute atomic E-state index is 0.303. The number of thioether (sulfide) groups is 1. The average molecular weight is 436 g/mol. The Morgan fingerprint density at radius 1 is 1.10 bits per heavy atom. The van der Waals surface area contributed by atoms with Gasteiger partial charge in [0.25, 0.3) is 11.1 Å². The summed E-state index contributed by atoms with van der Waals surface area (Å²) in [7, 11) is 0. The number of imide groups is 1. The molecule has 3 amide bonds. The number of anilines is 2. The number of benzene rings is 2. The highest BCUT2D eigenvalue weighted by atomic mass is 32.2. The Kier molecular flexibility index (Phi) is 6.13. The molecular weight excluding hydrogens is 410 g/mol. The van der Waals surface area contributed by atoms with E-state index in [9.17, 15) is 14.4 Å². The predicted molar refractivity (Wildman–Crippen MR) is 125 cm³/mol. The van der Waals surface area contributed by atoms with Gasteiger partial charge >= 0.3 is 0 Å². The second-order valence-corrected chi connectivity index (χ2v) is 8.91. The van der Waals surface area contributed by atoms with E-state index in [0.717, 1.165) is 46.4 Å². The number of aryl methyl sites for hydroxylation is 2. The predicted octanol–water partition coefficient (Wildman–Crippen LogP) is 4.58. The summed E-state index contributed by atoms with van der Waals surface area (Å²) in [5.74, 6) is -0.835. The third kappa shape index (κ3) is 4.82. The smallest absolute Gasteiger partial charge is 0.294 e. The number of nitrogens with one attached hydrogen (secondary N) is 1. The second-order valence-electron chi connectivity index (χ2n) is 7.92. The van der Waals surface area contributed by atoms with Crippen LogP contribution in [0.3, 0.4) is 0 Å². The van der Waals surface area contributed by atoms with Crippen LogP contribution in [-0.4, -0.2) is 41.6 Å². The van der Waals surface area contributed by atoms with Gasteiger partial charge in [-0.1, -0.05) is 18.2 Å². The van der Waals surface area contributed by atoms with E-state index in [1.54, 1.807) is 12.1 Å². The van der Waals surface area contributed by atoms with Crippen LogP contribution in [0.5, 0.6) is 0 Å². The van der Waals surface area contributed by atoms with E-state index in [2.05, 4.69) is 22.3 Å². The molecule has 31 heavy (non-hydrogen) atoms. The van der Waals surface area contributed by atoms with E-state index in [1.165, 1.54) is 18.5 Å². The van der Waals surface area contributed by atoms with Crippen molar-refractivity contribution in [3.63, 3.8) is 0 Å². The average Bonchev–Trinajstić information content (AvgIpc) is 3.34. The van der Waals surface area contributed by atoms with Gasteiger partial charge in [-0.3, -0.25) is 19.3 Å². The monoisotopic (exact) mass is 435 g/mol. The van der Waals surface area contributed by atoms with E-state index in [-0.39, 0.29) is 6.54 Å². The molecular formula is C24H25N3O3S. The first-order chi connectivity index (χ1) is 14.9. The van der Waals surface area contributed by atoms with Crippen LogP contribution in [0.2, 0.25) is 0 Å². The van der Waals surface area contributed by atoms with Crippen LogP contribution in [0.15, 0.2) is 47.4 Å². The van der Waals surface area contributed by atoms with Crippen molar-refractivity contribution in [3.05, 3.63) is 64.1 Å². The Morgan fingerprint density at radius 2 is 1.87 bits per heavy atom. The normalized spacial score (nSPS) is 17.7. The van der Waals surface area contributed by atoms with Crippen molar-refractivity contribution in [1.29, 1.82) is 0 Å².